The highest BCUT2D eigenvalue weighted by molar-refractivity contribution is 5.92. The summed E-state index contributed by atoms with van der Waals surface area (Å²) >= 11 is 0. The van der Waals surface area contributed by atoms with Crippen LogP contribution in [0.1, 0.15) is 66.7 Å². The Morgan fingerprint density at radius 3 is 2.11 bits per heavy atom. The fourth-order valence-corrected chi connectivity index (χ4v) is 2.41. The van der Waals surface area contributed by atoms with Gasteiger partial charge in [0.15, 0.2) is 0 Å². The van der Waals surface area contributed by atoms with Crippen LogP contribution in [0.3, 0.4) is 0 Å². The number of rotatable bonds is 8. The Balaban J connectivity index is 0.000000337. The van der Waals surface area contributed by atoms with E-state index in [2.05, 4.69) is 6.92 Å². The molecule has 0 aromatic heterocycles. The summed E-state index contributed by atoms with van der Waals surface area (Å²) in [6.07, 6.45) is 5.04. The summed E-state index contributed by atoms with van der Waals surface area (Å²) in [7, 11) is 0. The first-order chi connectivity index (χ1) is 13.0. The predicted molar refractivity (Wildman–Crippen MR) is 105 cm³/mol. The largest absolute Gasteiger partial charge is 0.507 e. The lowest BCUT2D eigenvalue weighted by Crippen LogP contribution is -2.17. The Kier molecular flexibility index (Phi) is 10.3. The molecule has 0 heterocycles. The number of carboxylic acids is 1. The number of carboxylic acid groups (broad SMARTS) is 1. The summed E-state index contributed by atoms with van der Waals surface area (Å²) < 4.78 is 5.41. The number of hydrogen-bond acceptors (Lipinski definition) is 4. The van der Waals surface area contributed by atoms with E-state index in [9.17, 15) is 14.7 Å². The van der Waals surface area contributed by atoms with E-state index >= 15 is 0 Å². The van der Waals surface area contributed by atoms with E-state index in [1.54, 1.807) is 48.5 Å². The summed E-state index contributed by atoms with van der Waals surface area (Å²) in [5, 5.41) is 18.0. The zero-order valence-corrected chi connectivity index (χ0v) is 15.9. The topological polar surface area (TPSA) is 83.8 Å². The summed E-state index contributed by atoms with van der Waals surface area (Å²) in [5.74, 6) is -1.34. The summed E-state index contributed by atoms with van der Waals surface area (Å²) in [5.41, 5.74) is 0.573. The number of para-hydroxylation sites is 1. The molecule has 1 unspecified atom stereocenters. The molecule has 27 heavy (non-hydrogen) atoms. The van der Waals surface area contributed by atoms with Gasteiger partial charge in [0.2, 0.25) is 0 Å². The highest BCUT2D eigenvalue weighted by Gasteiger charge is 2.16. The molecule has 0 amide bonds. The lowest BCUT2D eigenvalue weighted by atomic mass is 10.1. The first kappa shape index (κ1) is 22.2. The second kappa shape index (κ2) is 12.5. The Bertz CT molecular complexity index is 697. The molecule has 0 saturated heterocycles. The van der Waals surface area contributed by atoms with Crippen molar-refractivity contribution >= 4 is 11.9 Å². The van der Waals surface area contributed by atoms with Crippen molar-refractivity contribution in [1.29, 1.82) is 0 Å². The quantitative estimate of drug-likeness (QED) is 0.486. The van der Waals surface area contributed by atoms with Crippen molar-refractivity contribution in [1.82, 2.24) is 0 Å². The highest BCUT2D eigenvalue weighted by atomic mass is 16.5. The average molecular weight is 372 g/mol. The monoisotopic (exact) mass is 372 g/mol. The van der Waals surface area contributed by atoms with Gasteiger partial charge in [0, 0.05) is 0 Å². The van der Waals surface area contributed by atoms with Crippen LogP contribution in [0.15, 0.2) is 54.6 Å². The first-order valence-corrected chi connectivity index (χ1v) is 9.26. The molecule has 0 saturated carbocycles. The highest BCUT2D eigenvalue weighted by Crippen LogP contribution is 2.19. The van der Waals surface area contributed by atoms with E-state index < -0.39 is 11.9 Å². The number of phenols is 1. The zero-order valence-electron chi connectivity index (χ0n) is 15.9. The van der Waals surface area contributed by atoms with Gasteiger partial charge in [-0.1, -0.05) is 57.0 Å². The number of aromatic carboxylic acids is 1. The number of carbonyl (C=O) groups excluding carboxylic acids is 1. The van der Waals surface area contributed by atoms with E-state index in [0.29, 0.717) is 5.56 Å². The van der Waals surface area contributed by atoms with Gasteiger partial charge in [-0.25, -0.2) is 9.59 Å². The van der Waals surface area contributed by atoms with Gasteiger partial charge in [0.1, 0.15) is 17.4 Å². The molecule has 0 bridgehead atoms. The molecule has 0 aliphatic carbocycles. The minimum atomic E-state index is -0.879. The van der Waals surface area contributed by atoms with Gasteiger partial charge in [-0.2, -0.15) is 0 Å². The molecular weight excluding hydrogens is 344 g/mol. The SMILES string of the molecule is CCCCCC(CC)OC(=O)c1ccccc1O.O=C(O)c1ccccc1. The second-order valence-corrected chi connectivity index (χ2v) is 6.12. The van der Waals surface area contributed by atoms with Crippen molar-refractivity contribution in [3.63, 3.8) is 0 Å². The fourth-order valence-electron chi connectivity index (χ4n) is 2.41. The van der Waals surface area contributed by atoms with E-state index in [1.807, 2.05) is 6.92 Å². The van der Waals surface area contributed by atoms with Crippen LogP contribution in [-0.2, 0) is 4.74 Å². The molecular formula is C22H28O5. The molecule has 0 fully saturated rings. The number of benzene rings is 2. The predicted octanol–water partition coefficient (Wildman–Crippen LogP) is 5.29. The van der Waals surface area contributed by atoms with Gasteiger partial charge in [-0.05, 0) is 43.5 Å². The third-order valence-electron chi connectivity index (χ3n) is 4.00. The standard InChI is InChI=1S/C15H22O3.C7H6O2/c1-3-5-6-9-12(4-2)18-15(17)13-10-7-8-11-14(13)16;8-7(9)6-4-2-1-3-5-6/h7-8,10-12,16H,3-6,9H2,1-2H3;1-5H,(H,8,9). The van der Waals surface area contributed by atoms with Crippen LogP contribution in [0.25, 0.3) is 0 Å². The summed E-state index contributed by atoms with van der Waals surface area (Å²) in [6, 6.07) is 14.8. The van der Waals surface area contributed by atoms with Crippen LogP contribution in [-0.4, -0.2) is 28.3 Å². The number of carbonyl (C=O) groups is 2. The number of unbranched alkanes of at least 4 members (excludes halogenated alkanes) is 2. The maximum atomic E-state index is 11.9. The Labute approximate surface area is 160 Å². The third kappa shape index (κ3) is 8.40. The van der Waals surface area contributed by atoms with Crippen molar-refractivity contribution in [3.05, 3.63) is 65.7 Å². The molecule has 0 radical (unpaired) electrons. The Morgan fingerprint density at radius 1 is 0.963 bits per heavy atom. The van der Waals surface area contributed by atoms with Crippen molar-refractivity contribution in [2.24, 2.45) is 0 Å². The van der Waals surface area contributed by atoms with Crippen LogP contribution >= 0.6 is 0 Å². The van der Waals surface area contributed by atoms with Gasteiger partial charge in [0.25, 0.3) is 0 Å². The normalized spacial score (nSPS) is 11.0. The van der Waals surface area contributed by atoms with Crippen molar-refractivity contribution in [3.8, 4) is 5.75 Å². The van der Waals surface area contributed by atoms with Crippen LogP contribution in [0.2, 0.25) is 0 Å². The van der Waals surface area contributed by atoms with Crippen LogP contribution < -0.4 is 0 Å². The first-order valence-electron chi connectivity index (χ1n) is 9.26. The minimum absolute atomic E-state index is 0.0223. The molecule has 2 aromatic rings. The lowest BCUT2D eigenvalue weighted by molar-refractivity contribution is 0.0264. The average Bonchev–Trinajstić information content (AvgIpc) is 2.68. The third-order valence-corrected chi connectivity index (χ3v) is 4.00. The van der Waals surface area contributed by atoms with Crippen molar-refractivity contribution in [2.45, 2.75) is 52.1 Å². The number of aromatic hydroxyl groups is 1. The van der Waals surface area contributed by atoms with Crippen molar-refractivity contribution < 1.29 is 24.5 Å². The van der Waals surface area contributed by atoms with Gasteiger partial charge in [-0.15, -0.1) is 0 Å². The van der Waals surface area contributed by atoms with Gasteiger partial charge < -0.3 is 14.9 Å². The van der Waals surface area contributed by atoms with E-state index in [0.717, 1.165) is 32.1 Å². The minimum Gasteiger partial charge on any atom is -0.507 e. The van der Waals surface area contributed by atoms with Gasteiger partial charge >= 0.3 is 11.9 Å². The van der Waals surface area contributed by atoms with E-state index in [1.165, 1.54) is 6.07 Å². The Morgan fingerprint density at radius 2 is 1.59 bits per heavy atom. The maximum absolute atomic E-state index is 11.9. The molecule has 0 aliphatic heterocycles. The van der Waals surface area contributed by atoms with E-state index in [4.69, 9.17) is 9.84 Å². The molecule has 2 rings (SSSR count). The zero-order chi connectivity index (χ0) is 20.1. The molecule has 146 valence electrons. The summed E-state index contributed by atoms with van der Waals surface area (Å²) in [6.45, 7) is 4.16. The Hall–Kier alpha value is -2.82. The number of hydrogen-bond donors (Lipinski definition) is 2. The number of phenolic OH excluding ortho intramolecular Hbond substituents is 1. The van der Waals surface area contributed by atoms with Crippen LogP contribution in [0.5, 0.6) is 5.75 Å². The molecule has 1 atom stereocenters. The smallest absolute Gasteiger partial charge is 0.342 e. The van der Waals surface area contributed by atoms with Gasteiger partial charge in [-0.3, -0.25) is 0 Å². The van der Waals surface area contributed by atoms with Gasteiger partial charge in [0.05, 0.1) is 5.56 Å². The molecule has 0 aliphatic rings. The molecule has 5 nitrogen and oxygen atoms in total. The van der Waals surface area contributed by atoms with E-state index in [-0.39, 0.29) is 17.4 Å². The fraction of sp³-hybridized carbons (Fsp3) is 0.364. The molecule has 2 aromatic carbocycles. The number of esters is 1. The van der Waals surface area contributed by atoms with Crippen LogP contribution in [0.4, 0.5) is 0 Å². The second-order valence-electron chi connectivity index (χ2n) is 6.12. The maximum Gasteiger partial charge on any atom is 0.342 e. The summed E-state index contributed by atoms with van der Waals surface area (Å²) in [4.78, 5) is 22.1. The molecule has 5 heteroatoms. The molecule has 2 N–H and O–H groups in total. The molecule has 0 spiro atoms. The lowest BCUT2D eigenvalue weighted by Gasteiger charge is -2.16. The number of ether oxygens (including phenoxy) is 1. The van der Waals surface area contributed by atoms with Crippen LogP contribution in [0, 0.1) is 0 Å². The van der Waals surface area contributed by atoms with Crippen molar-refractivity contribution in [2.75, 3.05) is 0 Å².